The van der Waals surface area contributed by atoms with Crippen molar-refractivity contribution in [1.82, 2.24) is 4.90 Å². The molecule has 1 aromatic carbocycles. The Bertz CT molecular complexity index is 619. The first kappa shape index (κ1) is 16.6. The molecule has 1 aliphatic heterocycles. The summed E-state index contributed by atoms with van der Waals surface area (Å²) in [4.78, 5) is 26.5. The number of hydrogen-bond donors (Lipinski definition) is 1. The number of hydrogen-bond acceptors (Lipinski definition) is 4. The lowest BCUT2D eigenvalue weighted by atomic mass is 9.95. The van der Waals surface area contributed by atoms with Crippen LogP contribution in [-0.4, -0.2) is 44.0 Å². The van der Waals surface area contributed by atoms with Crippen molar-refractivity contribution in [2.75, 3.05) is 32.6 Å². The Morgan fingerprint density at radius 1 is 1.04 bits per heavy atom. The molecule has 0 bridgehead atoms. The van der Waals surface area contributed by atoms with Gasteiger partial charge in [-0.3, -0.25) is 9.59 Å². The number of carbonyl (C=O) groups is 2. The fraction of sp³-hybridized carbons (Fsp3) is 0.556. The van der Waals surface area contributed by atoms with Gasteiger partial charge in [-0.25, -0.2) is 0 Å². The highest BCUT2D eigenvalue weighted by molar-refractivity contribution is 5.94. The zero-order chi connectivity index (χ0) is 17.1. The molecule has 6 nitrogen and oxygen atoms in total. The molecular weight excluding hydrogens is 308 g/mol. The van der Waals surface area contributed by atoms with Crippen LogP contribution < -0.4 is 14.8 Å². The van der Waals surface area contributed by atoms with Crippen LogP contribution >= 0.6 is 0 Å². The number of nitrogens with zero attached hydrogens (tertiary/aromatic N) is 1. The minimum atomic E-state index is -0.0694. The van der Waals surface area contributed by atoms with Gasteiger partial charge < -0.3 is 19.7 Å². The van der Waals surface area contributed by atoms with E-state index in [0.717, 1.165) is 12.8 Å². The predicted molar refractivity (Wildman–Crippen MR) is 90.2 cm³/mol. The van der Waals surface area contributed by atoms with E-state index in [2.05, 4.69) is 5.32 Å². The third-order valence-electron chi connectivity index (χ3n) is 4.77. The van der Waals surface area contributed by atoms with Gasteiger partial charge >= 0.3 is 0 Å². The van der Waals surface area contributed by atoms with Gasteiger partial charge in [0, 0.05) is 31.0 Å². The normalized spacial score (nSPS) is 18.2. The summed E-state index contributed by atoms with van der Waals surface area (Å²) in [6.07, 6.45) is 3.47. The molecule has 1 aromatic rings. The van der Waals surface area contributed by atoms with Crippen molar-refractivity contribution >= 4 is 17.5 Å². The first-order valence-corrected chi connectivity index (χ1v) is 8.44. The predicted octanol–water partition coefficient (Wildman–Crippen LogP) is 2.29. The summed E-state index contributed by atoms with van der Waals surface area (Å²) in [5, 5.41) is 2.94. The van der Waals surface area contributed by atoms with Crippen LogP contribution in [-0.2, 0) is 9.59 Å². The van der Waals surface area contributed by atoms with E-state index >= 15 is 0 Å². The number of carbonyl (C=O) groups excluding carboxylic acids is 2. The number of benzene rings is 1. The Kier molecular flexibility index (Phi) is 4.92. The number of nitrogens with one attached hydrogen (secondary N) is 1. The summed E-state index contributed by atoms with van der Waals surface area (Å²) in [5.74, 6) is 1.68. The lowest BCUT2D eigenvalue weighted by Crippen LogP contribution is -2.42. The van der Waals surface area contributed by atoms with Gasteiger partial charge in [0.05, 0.1) is 19.9 Å². The summed E-state index contributed by atoms with van der Waals surface area (Å²) in [6.45, 7) is 1.35. The summed E-state index contributed by atoms with van der Waals surface area (Å²) in [7, 11) is 3.15. The molecule has 1 saturated heterocycles. The molecule has 0 atom stereocenters. The molecule has 2 aliphatic rings. The van der Waals surface area contributed by atoms with E-state index in [-0.39, 0.29) is 23.7 Å². The minimum absolute atomic E-state index is 0.0167. The first-order chi connectivity index (χ1) is 11.6. The summed E-state index contributed by atoms with van der Waals surface area (Å²) in [6, 6.07) is 5.31. The van der Waals surface area contributed by atoms with Gasteiger partial charge in [-0.1, -0.05) is 0 Å². The zero-order valence-electron chi connectivity index (χ0n) is 14.2. The summed E-state index contributed by atoms with van der Waals surface area (Å²) >= 11 is 0. The molecule has 1 N–H and O–H groups in total. The molecule has 130 valence electrons. The van der Waals surface area contributed by atoms with Crippen LogP contribution in [0.3, 0.4) is 0 Å². The molecule has 0 spiro atoms. The van der Waals surface area contributed by atoms with Crippen molar-refractivity contribution in [2.45, 2.75) is 25.7 Å². The first-order valence-electron chi connectivity index (χ1n) is 8.44. The molecule has 2 fully saturated rings. The molecule has 0 radical (unpaired) electrons. The van der Waals surface area contributed by atoms with E-state index in [9.17, 15) is 9.59 Å². The van der Waals surface area contributed by atoms with Gasteiger partial charge in [0.1, 0.15) is 11.5 Å². The van der Waals surface area contributed by atoms with Crippen molar-refractivity contribution in [3.8, 4) is 11.5 Å². The van der Waals surface area contributed by atoms with Crippen LogP contribution in [0.15, 0.2) is 18.2 Å². The Labute approximate surface area is 142 Å². The Hall–Kier alpha value is -2.24. The quantitative estimate of drug-likeness (QED) is 0.898. The van der Waals surface area contributed by atoms with Crippen molar-refractivity contribution < 1.29 is 19.1 Å². The van der Waals surface area contributed by atoms with Gasteiger partial charge in [-0.2, -0.15) is 0 Å². The number of anilines is 1. The van der Waals surface area contributed by atoms with Gasteiger partial charge in [0.25, 0.3) is 0 Å². The Balaban J connectivity index is 1.57. The van der Waals surface area contributed by atoms with Crippen LogP contribution in [0.25, 0.3) is 0 Å². The van der Waals surface area contributed by atoms with Crippen molar-refractivity contribution in [3.05, 3.63) is 18.2 Å². The molecule has 1 aliphatic carbocycles. The van der Waals surface area contributed by atoms with Crippen LogP contribution in [0.2, 0.25) is 0 Å². The second-order valence-corrected chi connectivity index (χ2v) is 6.43. The van der Waals surface area contributed by atoms with E-state index in [1.807, 2.05) is 4.90 Å². The number of amides is 2. The lowest BCUT2D eigenvalue weighted by molar-refractivity contribution is -0.135. The third-order valence-corrected chi connectivity index (χ3v) is 4.77. The van der Waals surface area contributed by atoms with E-state index in [1.165, 1.54) is 0 Å². The molecular formula is C18H24N2O4. The Morgan fingerprint density at radius 3 is 2.33 bits per heavy atom. The van der Waals surface area contributed by atoms with Crippen LogP contribution in [0.5, 0.6) is 11.5 Å². The van der Waals surface area contributed by atoms with E-state index in [0.29, 0.717) is 43.1 Å². The van der Waals surface area contributed by atoms with Gasteiger partial charge in [0.2, 0.25) is 11.8 Å². The molecule has 1 heterocycles. The fourth-order valence-corrected chi connectivity index (χ4v) is 3.09. The van der Waals surface area contributed by atoms with Crippen LogP contribution in [0, 0.1) is 11.8 Å². The Morgan fingerprint density at radius 2 is 1.75 bits per heavy atom. The smallest absolute Gasteiger partial charge is 0.227 e. The molecule has 1 saturated carbocycles. The molecule has 6 heteroatoms. The molecule has 2 amide bonds. The largest absolute Gasteiger partial charge is 0.497 e. The number of ether oxygens (including phenoxy) is 2. The van der Waals surface area contributed by atoms with E-state index in [4.69, 9.17) is 9.47 Å². The van der Waals surface area contributed by atoms with E-state index in [1.54, 1.807) is 32.4 Å². The number of methoxy groups -OCH3 is 2. The lowest BCUT2D eigenvalue weighted by Gasteiger charge is -2.31. The second kappa shape index (κ2) is 7.11. The average molecular weight is 332 g/mol. The fourth-order valence-electron chi connectivity index (χ4n) is 3.09. The standard InChI is InChI=1S/C18H24N2O4/c1-23-14-5-6-15(16(11-14)24-2)19-17(21)12-7-9-20(10-8-12)18(22)13-3-4-13/h5-6,11-13H,3-4,7-10H2,1-2H3,(H,19,21). The number of piperidine rings is 1. The summed E-state index contributed by atoms with van der Waals surface area (Å²) < 4.78 is 10.5. The second-order valence-electron chi connectivity index (χ2n) is 6.43. The van der Waals surface area contributed by atoms with Gasteiger partial charge in [0.15, 0.2) is 0 Å². The van der Waals surface area contributed by atoms with E-state index < -0.39 is 0 Å². The molecule has 0 aromatic heterocycles. The topological polar surface area (TPSA) is 67.9 Å². The van der Waals surface area contributed by atoms with Gasteiger partial charge in [-0.05, 0) is 37.8 Å². The molecule has 24 heavy (non-hydrogen) atoms. The third kappa shape index (κ3) is 3.63. The highest BCUT2D eigenvalue weighted by Gasteiger charge is 2.36. The maximum atomic E-state index is 12.5. The molecule has 0 unspecified atom stereocenters. The maximum Gasteiger partial charge on any atom is 0.227 e. The van der Waals surface area contributed by atoms with Crippen molar-refractivity contribution in [1.29, 1.82) is 0 Å². The highest BCUT2D eigenvalue weighted by atomic mass is 16.5. The van der Waals surface area contributed by atoms with Crippen molar-refractivity contribution in [2.24, 2.45) is 11.8 Å². The maximum absolute atomic E-state index is 12.5. The highest BCUT2D eigenvalue weighted by Crippen LogP contribution is 2.33. The number of likely N-dealkylation sites (tertiary alicyclic amines) is 1. The van der Waals surface area contributed by atoms with Crippen LogP contribution in [0.1, 0.15) is 25.7 Å². The van der Waals surface area contributed by atoms with Gasteiger partial charge in [-0.15, -0.1) is 0 Å². The summed E-state index contributed by atoms with van der Waals surface area (Å²) in [5.41, 5.74) is 0.639. The minimum Gasteiger partial charge on any atom is -0.497 e. The number of rotatable bonds is 5. The van der Waals surface area contributed by atoms with Crippen molar-refractivity contribution in [3.63, 3.8) is 0 Å². The molecule has 3 rings (SSSR count). The average Bonchev–Trinajstić information content (AvgIpc) is 3.46. The van der Waals surface area contributed by atoms with Crippen LogP contribution in [0.4, 0.5) is 5.69 Å². The SMILES string of the molecule is COc1ccc(NC(=O)C2CCN(C(=O)C3CC3)CC2)c(OC)c1. The monoisotopic (exact) mass is 332 g/mol. The zero-order valence-corrected chi connectivity index (χ0v) is 14.2.